The molecule has 9 rings (SSSR count). The molecular formula is C50H35N. The minimum atomic E-state index is 1.10. The van der Waals surface area contributed by atoms with Gasteiger partial charge >= 0.3 is 0 Å². The van der Waals surface area contributed by atoms with E-state index in [1.165, 1.54) is 66.1 Å². The highest BCUT2D eigenvalue weighted by Gasteiger charge is 2.24. The lowest BCUT2D eigenvalue weighted by atomic mass is 9.88. The Labute approximate surface area is 299 Å². The zero-order chi connectivity index (χ0) is 34.0. The zero-order valence-electron chi connectivity index (χ0n) is 28.2. The summed E-state index contributed by atoms with van der Waals surface area (Å²) in [6.45, 7) is 0. The molecule has 0 aromatic heterocycles. The molecule has 0 heterocycles. The molecule has 0 bridgehead atoms. The first-order valence-corrected chi connectivity index (χ1v) is 17.5. The van der Waals surface area contributed by atoms with E-state index in [9.17, 15) is 0 Å². The van der Waals surface area contributed by atoms with Crippen LogP contribution >= 0.6 is 0 Å². The molecule has 0 unspecified atom stereocenters. The van der Waals surface area contributed by atoms with E-state index in [0.29, 0.717) is 0 Å². The van der Waals surface area contributed by atoms with Crippen molar-refractivity contribution in [1.82, 2.24) is 0 Å². The lowest BCUT2D eigenvalue weighted by Gasteiger charge is -2.31. The highest BCUT2D eigenvalue weighted by molar-refractivity contribution is 6.22. The molecule has 0 aliphatic rings. The minimum Gasteiger partial charge on any atom is -0.309 e. The average Bonchev–Trinajstić information content (AvgIpc) is 3.22. The lowest BCUT2D eigenvalue weighted by Crippen LogP contribution is -2.12. The van der Waals surface area contributed by atoms with Crippen molar-refractivity contribution in [2.24, 2.45) is 0 Å². The zero-order valence-corrected chi connectivity index (χ0v) is 28.2. The Morgan fingerprint density at radius 3 is 1.10 bits per heavy atom. The first-order valence-electron chi connectivity index (χ1n) is 17.5. The van der Waals surface area contributed by atoms with Gasteiger partial charge in [0.15, 0.2) is 0 Å². The van der Waals surface area contributed by atoms with Crippen molar-refractivity contribution in [3.8, 4) is 44.5 Å². The monoisotopic (exact) mass is 649 g/mol. The molecular weight excluding hydrogens is 615 g/mol. The first-order chi connectivity index (χ1) is 25.3. The summed E-state index contributed by atoms with van der Waals surface area (Å²) in [6, 6.07) is 76.7. The van der Waals surface area contributed by atoms with Gasteiger partial charge in [0.1, 0.15) is 0 Å². The number of nitrogens with zero attached hydrogens (tertiary/aromatic N) is 1. The van der Waals surface area contributed by atoms with Gasteiger partial charge in [-0.05, 0) is 85.4 Å². The van der Waals surface area contributed by atoms with Crippen molar-refractivity contribution in [1.29, 1.82) is 0 Å². The molecule has 0 radical (unpaired) electrons. The summed E-state index contributed by atoms with van der Waals surface area (Å²) in [5.41, 5.74) is 12.9. The molecule has 1 heteroatoms. The highest BCUT2D eigenvalue weighted by Crippen LogP contribution is 2.50. The fraction of sp³-hybridized carbons (Fsp3) is 0. The van der Waals surface area contributed by atoms with E-state index in [1.54, 1.807) is 0 Å². The molecule has 9 aromatic carbocycles. The number of hydrogen-bond donors (Lipinski definition) is 0. The number of benzene rings is 9. The van der Waals surface area contributed by atoms with Gasteiger partial charge < -0.3 is 4.90 Å². The molecule has 0 saturated heterocycles. The molecule has 0 aliphatic heterocycles. The van der Waals surface area contributed by atoms with E-state index in [2.05, 4.69) is 217 Å². The predicted octanol–water partition coefficient (Wildman–Crippen LogP) is 14.1. The third kappa shape index (κ3) is 5.75. The molecule has 0 atom stereocenters. The number of rotatable bonds is 7. The predicted molar refractivity (Wildman–Crippen MR) is 218 cm³/mol. The second-order valence-electron chi connectivity index (χ2n) is 12.9. The quantitative estimate of drug-likeness (QED) is 0.155. The van der Waals surface area contributed by atoms with Crippen LogP contribution in [0.5, 0.6) is 0 Å². The van der Waals surface area contributed by atoms with Crippen LogP contribution in [-0.4, -0.2) is 0 Å². The SMILES string of the molecule is c1ccc(-c2cccc(-c3c(N(c4cccc(-c5ccccc5)c4)c4cccc(-c5ccccc5)c4)c4ccccc4c4ccccc34)c2)cc1. The third-order valence-corrected chi connectivity index (χ3v) is 9.81. The van der Waals surface area contributed by atoms with Crippen LogP contribution in [0, 0.1) is 0 Å². The van der Waals surface area contributed by atoms with Crippen molar-refractivity contribution in [3.63, 3.8) is 0 Å². The topological polar surface area (TPSA) is 3.24 Å². The van der Waals surface area contributed by atoms with Gasteiger partial charge in [-0.1, -0.05) is 182 Å². The maximum absolute atomic E-state index is 2.48. The Kier molecular flexibility index (Phi) is 7.92. The summed E-state index contributed by atoms with van der Waals surface area (Å²) >= 11 is 0. The summed E-state index contributed by atoms with van der Waals surface area (Å²) in [4.78, 5) is 2.48. The first kappa shape index (κ1) is 30.4. The van der Waals surface area contributed by atoms with E-state index in [-0.39, 0.29) is 0 Å². The van der Waals surface area contributed by atoms with E-state index >= 15 is 0 Å². The van der Waals surface area contributed by atoms with Crippen LogP contribution in [0.2, 0.25) is 0 Å². The van der Waals surface area contributed by atoms with E-state index < -0.39 is 0 Å². The van der Waals surface area contributed by atoms with Gasteiger partial charge in [-0.3, -0.25) is 0 Å². The number of hydrogen-bond acceptors (Lipinski definition) is 1. The van der Waals surface area contributed by atoms with Crippen LogP contribution in [0.4, 0.5) is 17.1 Å². The van der Waals surface area contributed by atoms with Gasteiger partial charge in [-0.25, -0.2) is 0 Å². The molecule has 0 aliphatic carbocycles. The Balaban J connectivity index is 1.39. The molecule has 51 heavy (non-hydrogen) atoms. The van der Waals surface area contributed by atoms with Gasteiger partial charge in [0.2, 0.25) is 0 Å². The van der Waals surface area contributed by atoms with Crippen molar-refractivity contribution in [3.05, 3.63) is 212 Å². The molecule has 0 amide bonds. The van der Waals surface area contributed by atoms with Crippen LogP contribution in [-0.2, 0) is 0 Å². The highest BCUT2D eigenvalue weighted by atomic mass is 15.1. The molecule has 0 spiro atoms. The summed E-state index contributed by atoms with van der Waals surface area (Å²) in [7, 11) is 0. The fourth-order valence-corrected chi connectivity index (χ4v) is 7.45. The summed E-state index contributed by atoms with van der Waals surface area (Å²) < 4.78 is 0. The standard InChI is InChI=1S/C50H35N/c1-4-17-36(18-5-1)39-23-14-26-42(33-39)49-47-31-12-10-29-45(47)46-30-11-13-32-48(46)50(49)51(43-27-15-24-40(34-43)37-19-6-2-7-20-37)44-28-16-25-41(35-44)38-21-8-3-9-22-38/h1-35H. The van der Waals surface area contributed by atoms with Crippen LogP contribution in [0.25, 0.3) is 66.1 Å². The average molecular weight is 650 g/mol. The smallest absolute Gasteiger partial charge is 0.0624 e. The maximum Gasteiger partial charge on any atom is 0.0624 e. The normalized spacial score (nSPS) is 11.1. The van der Waals surface area contributed by atoms with E-state index in [4.69, 9.17) is 0 Å². The molecule has 0 fully saturated rings. The Bertz CT molecular complexity index is 2540. The second kappa shape index (κ2) is 13.3. The largest absolute Gasteiger partial charge is 0.309 e. The van der Waals surface area contributed by atoms with E-state index in [1.807, 2.05) is 0 Å². The third-order valence-electron chi connectivity index (χ3n) is 9.81. The summed E-state index contributed by atoms with van der Waals surface area (Å²) in [5.74, 6) is 0. The molecule has 1 nitrogen and oxygen atoms in total. The van der Waals surface area contributed by atoms with Gasteiger partial charge in [-0.2, -0.15) is 0 Å². The van der Waals surface area contributed by atoms with E-state index in [0.717, 1.165) is 17.1 Å². The summed E-state index contributed by atoms with van der Waals surface area (Å²) in [5, 5.41) is 4.90. The maximum atomic E-state index is 2.48. The number of anilines is 3. The van der Waals surface area contributed by atoms with Gasteiger partial charge in [-0.15, -0.1) is 0 Å². The molecule has 0 N–H and O–H groups in total. The van der Waals surface area contributed by atoms with Gasteiger partial charge in [0.25, 0.3) is 0 Å². The molecule has 240 valence electrons. The van der Waals surface area contributed by atoms with Crippen LogP contribution in [0.15, 0.2) is 212 Å². The van der Waals surface area contributed by atoms with Crippen molar-refractivity contribution >= 4 is 38.6 Å². The fourth-order valence-electron chi connectivity index (χ4n) is 7.45. The number of fused-ring (bicyclic) bond motifs is 3. The second-order valence-corrected chi connectivity index (χ2v) is 12.9. The van der Waals surface area contributed by atoms with Gasteiger partial charge in [0, 0.05) is 22.3 Å². The Morgan fingerprint density at radius 2 is 0.588 bits per heavy atom. The van der Waals surface area contributed by atoms with Crippen molar-refractivity contribution in [2.75, 3.05) is 4.90 Å². The Hall–Kier alpha value is -6.70. The van der Waals surface area contributed by atoms with Crippen molar-refractivity contribution < 1.29 is 0 Å². The van der Waals surface area contributed by atoms with Gasteiger partial charge in [0.05, 0.1) is 5.69 Å². The summed E-state index contributed by atoms with van der Waals surface area (Å²) in [6.07, 6.45) is 0. The lowest BCUT2D eigenvalue weighted by molar-refractivity contribution is 1.30. The Morgan fingerprint density at radius 1 is 0.235 bits per heavy atom. The molecule has 9 aromatic rings. The minimum absolute atomic E-state index is 1.10. The van der Waals surface area contributed by atoms with Crippen LogP contribution in [0.3, 0.4) is 0 Å². The molecule has 0 saturated carbocycles. The van der Waals surface area contributed by atoms with Crippen LogP contribution in [0.1, 0.15) is 0 Å². The van der Waals surface area contributed by atoms with Crippen LogP contribution < -0.4 is 4.90 Å². The van der Waals surface area contributed by atoms with Crippen molar-refractivity contribution in [2.45, 2.75) is 0 Å².